The van der Waals surface area contributed by atoms with E-state index < -0.39 is 0 Å². The summed E-state index contributed by atoms with van der Waals surface area (Å²) in [5.41, 5.74) is 8.25. The van der Waals surface area contributed by atoms with Crippen molar-refractivity contribution in [1.29, 1.82) is 0 Å². The van der Waals surface area contributed by atoms with Gasteiger partial charge in [-0.15, -0.1) is 0 Å². The average molecular weight is 193 g/mol. The maximum Gasteiger partial charge on any atom is 0.119 e. The van der Waals surface area contributed by atoms with Gasteiger partial charge < -0.3 is 10.5 Å². The Hall–Kier alpha value is -1.02. The third-order valence-electron chi connectivity index (χ3n) is 2.52. The van der Waals surface area contributed by atoms with Gasteiger partial charge in [0, 0.05) is 0 Å². The highest BCUT2D eigenvalue weighted by molar-refractivity contribution is 5.34. The molecule has 2 N–H and O–H groups in total. The van der Waals surface area contributed by atoms with Crippen molar-refractivity contribution in [1.82, 2.24) is 0 Å². The summed E-state index contributed by atoms with van der Waals surface area (Å²) in [4.78, 5) is 0. The number of nitrogens with two attached hydrogens (primary N) is 1. The molecule has 0 spiro atoms. The van der Waals surface area contributed by atoms with Crippen LogP contribution in [0.3, 0.4) is 0 Å². The van der Waals surface area contributed by atoms with Gasteiger partial charge in [-0.05, 0) is 49.1 Å². The second-order valence-corrected chi connectivity index (χ2v) is 3.84. The maximum absolute atomic E-state index is 5.60. The van der Waals surface area contributed by atoms with E-state index in [1.165, 1.54) is 11.1 Å². The van der Waals surface area contributed by atoms with Crippen molar-refractivity contribution in [3.05, 3.63) is 29.3 Å². The van der Waals surface area contributed by atoms with Crippen LogP contribution in [-0.2, 0) is 6.42 Å². The molecule has 2 heteroatoms. The van der Waals surface area contributed by atoms with Crippen LogP contribution in [0.5, 0.6) is 5.75 Å². The van der Waals surface area contributed by atoms with E-state index in [-0.39, 0.29) is 0 Å². The standard InChI is InChI=1S/C12H19NO/c1-9(8-13)6-11-4-5-12(14-3)7-10(11)2/h4-5,7,9H,6,8,13H2,1-3H3. The summed E-state index contributed by atoms with van der Waals surface area (Å²) in [5.74, 6) is 1.47. The zero-order valence-corrected chi connectivity index (χ0v) is 9.21. The normalized spacial score (nSPS) is 12.6. The molecule has 0 aromatic heterocycles. The summed E-state index contributed by atoms with van der Waals surface area (Å²) in [6, 6.07) is 6.20. The van der Waals surface area contributed by atoms with Crippen LogP contribution in [0.4, 0.5) is 0 Å². The van der Waals surface area contributed by atoms with E-state index in [4.69, 9.17) is 10.5 Å². The lowest BCUT2D eigenvalue weighted by molar-refractivity contribution is 0.414. The maximum atomic E-state index is 5.60. The highest BCUT2D eigenvalue weighted by Gasteiger charge is 2.04. The largest absolute Gasteiger partial charge is 0.497 e. The predicted molar refractivity (Wildman–Crippen MR) is 59.7 cm³/mol. The molecule has 0 saturated carbocycles. The van der Waals surface area contributed by atoms with Crippen LogP contribution in [0, 0.1) is 12.8 Å². The van der Waals surface area contributed by atoms with Crippen LogP contribution in [-0.4, -0.2) is 13.7 Å². The molecular formula is C12H19NO. The molecule has 14 heavy (non-hydrogen) atoms. The summed E-state index contributed by atoms with van der Waals surface area (Å²) in [6.45, 7) is 5.02. The second kappa shape index (κ2) is 5.01. The molecule has 0 aliphatic carbocycles. The average Bonchev–Trinajstić information content (AvgIpc) is 2.20. The lowest BCUT2D eigenvalue weighted by Gasteiger charge is -2.11. The molecule has 1 aromatic rings. The summed E-state index contributed by atoms with van der Waals surface area (Å²) < 4.78 is 5.16. The molecule has 0 aliphatic heterocycles. The van der Waals surface area contributed by atoms with Crippen LogP contribution >= 0.6 is 0 Å². The fraction of sp³-hybridized carbons (Fsp3) is 0.500. The number of hydrogen-bond donors (Lipinski definition) is 1. The minimum atomic E-state index is 0.544. The van der Waals surface area contributed by atoms with Crippen molar-refractivity contribution in [2.45, 2.75) is 20.3 Å². The number of ether oxygens (including phenoxy) is 1. The lowest BCUT2D eigenvalue weighted by atomic mass is 9.97. The zero-order chi connectivity index (χ0) is 10.6. The van der Waals surface area contributed by atoms with Gasteiger partial charge in [-0.25, -0.2) is 0 Å². The van der Waals surface area contributed by atoms with Gasteiger partial charge in [0.15, 0.2) is 0 Å². The van der Waals surface area contributed by atoms with Gasteiger partial charge in [0.25, 0.3) is 0 Å². The topological polar surface area (TPSA) is 35.2 Å². The number of benzene rings is 1. The van der Waals surface area contributed by atoms with E-state index in [0.29, 0.717) is 5.92 Å². The monoisotopic (exact) mass is 193 g/mol. The fourth-order valence-electron chi connectivity index (χ4n) is 1.48. The molecular weight excluding hydrogens is 174 g/mol. The lowest BCUT2D eigenvalue weighted by Crippen LogP contribution is -2.13. The van der Waals surface area contributed by atoms with Gasteiger partial charge in [0.1, 0.15) is 5.75 Å². The van der Waals surface area contributed by atoms with Crippen LogP contribution < -0.4 is 10.5 Å². The summed E-state index contributed by atoms with van der Waals surface area (Å²) in [6.07, 6.45) is 1.05. The molecule has 0 fully saturated rings. The quantitative estimate of drug-likeness (QED) is 0.795. The van der Waals surface area contributed by atoms with Gasteiger partial charge >= 0.3 is 0 Å². The summed E-state index contributed by atoms with van der Waals surface area (Å²) >= 11 is 0. The number of hydrogen-bond acceptors (Lipinski definition) is 2. The Morgan fingerprint density at radius 2 is 2.14 bits per heavy atom. The Kier molecular flexibility index (Phi) is 3.96. The van der Waals surface area contributed by atoms with E-state index in [9.17, 15) is 0 Å². The third kappa shape index (κ3) is 2.74. The van der Waals surface area contributed by atoms with Gasteiger partial charge in [-0.2, -0.15) is 0 Å². The fourth-order valence-corrected chi connectivity index (χ4v) is 1.48. The third-order valence-corrected chi connectivity index (χ3v) is 2.52. The molecule has 0 heterocycles. The predicted octanol–water partition coefficient (Wildman–Crippen LogP) is 2.14. The van der Waals surface area contributed by atoms with Crippen molar-refractivity contribution < 1.29 is 4.74 Å². The number of rotatable bonds is 4. The van der Waals surface area contributed by atoms with Gasteiger partial charge in [-0.1, -0.05) is 13.0 Å². The molecule has 1 unspecified atom stereocenters. The van der Waals surface area contributed by atoms with E-state index in [1.54, 1.807) is 7.11 Å². The molecule has 1 aromatic carbocycles. The summed E-state index contributed by atoms with van der Waals surface area (Å²) in [7, 11) is 1.69. The first-order valence-electron chi connectivity index (χ1n) is 5.01. The Balaban J connectivity index is 2.78. The SMILES string of the molecule is COc1ccc(CC(C)CN)c(C)c1. The van der Waals surface area contributed by atoms with Crippen LogP contribution in [0.1, 0.15) is 18.1 Å². The van der Waals surface area contributed by atoms with E-state index >= 15 is 0 Å². The first-order valence-corrected chi connectivity index (χ1v) is 5.01. The van der Waals surface area contributed by atoms with Crippen molar-refractivity contribution in [2.24, 2.45) is 11.7 Å². The molecule has 0 saturated heterocycles. The second-order valence-electron chi connectivity index (χ2n) is 3.84. The van der Waals surface area contributed by atoms with Gasteiger partial charge in [0.2, 0.25) is 0 Å². The molecule has 78 valence electrons. The Labute approximate surface area is 86.1 Å². The van der Waals surface area contributed by atoms with Crippen molar-refractivity contribution in [3.63, 3.8) is 0 Å². The van der Waals surface area contributed by atoms with Gasteiger partial charge in [-0.3, -0.25) is 0 Å². The molecule has 0 radical (unpaired) electrons. The molecule has 0 aliphatic rings. The van der Waals surface area contributed by atoms with E-state index in [2.05, 4.69) is 26.0 Å². The first kappa shape index (κ1) is 11.1. The molecule has 0 bridgehead atoms. The van der Waals surface area contributed by atoms with Crippen LogP contribution in [0.25, 0.3) is 0 Å². The molecule has 1 rings (SSSR count). The van der Waals surface area contributed by atoms with Crippen LogP contribution in [0.2, 0.25) is 0 Å². The Morgan fingerprint density at radius 1 is 1.43 bits per heavy atom. The minimum Gasteiger partial charge on any atom is -0.497 e. The molecule has 0 amide bonds. The first-order chi connectivity index (χ1) is 6.67. The summed E-state index contributed by atoms with van der Waals surface area (Å²) in [5, 5.41) is 0. The van der Waals surface area contributed by atoms with Gasteiger partial charge in [0.05, 0.1) is 7.11 Å². The highest BCUT2D eigenvalue weighted by Crippen LogP contribution is 2.19. The number of aryl methyl sites for hydroxylation is 1. The molecule has 2 nitrogen and oxygen atoms in total. The highest BCUT2D eigenvalue weighted by atomic mass is 16.5. The zero-order valence-electron chi connectivity index (χ0n) is 9.21. The van der Waals surface area contributed by atoms with E-state index in [1.807, 2.05) is 6.07 Å². The van der Waals surface area contributed by atoms with E-state index in [0.717, 1.165) is 18.7 Å². The smallest absolute Gasteiger partial charge is 0.119 e. The Bertz CT molecular complexity index is 296. The van der Waals surface area contributed by atoms with Crippen molar-refractivity contribution in [3.8, 4) is 5.75 Å². The number of methoxy groups -OCH3 is 1. The van der Waals surface area contributed by atoms with Crippen molar-refractivity contribution >= 4 is 0 Å². The molecule has 1 atom stereocenters. The Morgan fingerprint density at radius 3 is 2.64 bits per heavy atom. The van der Waals surface area contributed by atoms with Crippen molar-refractivity contribution in [2.75, 3.05) is 13.7 Å². The van der Waals surface area contributed by atoms with Crippen LogP contribution in [0.15, 0.2) is 18.2 Å². The minimum absolute atomic E-state index is 0.544.